The van der Waals surface area contributed by atoms with E-state index in [9.17, 15) is 13.6 Å². The van der Waals surface area contributed by atoms with Crippen LogP contribution < -0.4 is 5.32 Å². The number of halogens is 3. The molecule has 1 rings (SSSR count). The first kappa shape index (κ1) is 12.9. The number of benzene rings is 1. The van der Waals surface area contributed by atoms with E-state index in [0.717, 1.165) is 18.2 Å². The Morgan fingerprint density at radius 2 is 2.19 bits per heavy atom. The molecule has 0 saturated heterocycles. The fraction of sp³-hybridized carbons (Fsp3) is 0.364. The van der Waals surface area contributed by atoms with Gasteiger partial charge in [-0.2, -0.15) is 0 Å². The number of amides is 1. The summed E-state index contributed by atoms with van der Waals surface area (Å²) in [4.78, 5) is 11.5. The van der Waals surface area contributed by atoms with Crippen molar-refractivity contribution in [3.05, 3.63) is 35.4 Å². The molecule has 0 bridgehead atoms. The lowest BCUT2D eigenvalue weighted by Crippen LogP contribution is -2.33. The SMILES string of the molecule is CC(CCCl)NC(=O)c1cc(F)ccc1F. The van der Waals surface area contributed by atoms with Gasteiger partial charge in [-0.25, -0.2) is 8.78 Å². The van der Waals surface area contributed by atoms with Gasteiger partial charge in [-0.15, -0.1) is 11.6 Å². The molecule has 0 aromatic heterocycles. The molecule has 1 N–H and O–H groups in total. The molecule has 1 aromatic rings. The standard InChI is InChI=1S/C11H12ClF2NO/c1-7(4-5-12)15-11(16)9-6-8(13)2-3-10(9)14/h2-3,6-7H,4-5H2,1H3,(H,15,16). The summed E-state index contributed by atoms with van der Waals surface area (Å²) in [7, 11) is 0. The number of nitrogens with one attached hydrogen (secondary N) is 1. The maximum absolute atomic E-state index is 13.2. The summed E-state index contributed by atoms with van der Waals surface area (Å²) in [6.45, 7) is 1.75. The summed E-state index contributed by atoms with van der Waals surface area (Å²) in [5.74, 6) is -1.62. The second kappa shape index (κ2) is 5.80. The Morgan fingerprint density at radius 1 is 1.50 bits per heavy atom. The highest BCUT2D eigenvalue weighted by molar-refractivity contribution is 6.17. The van der Waals surface area contributed by atoms with Crippen LogP contribution in [0.5, 0.6) is 0 Å². The van der Waals surface area contributed by atoms with Crippen molar-refractivity contribution in [3.8, 4) is 0 Å². The molecular formula is C11H12ClF2NO. The zero-order chi connectivity index (χ0) is 12.1. The molecule has 1 unspecified atom stereocenters. The van der Waals surface area contributed by atoms with Crippen LogP contribution in [0.4, 0.5) is 8.78 Å². The molecule has 88 valence electrons. The zero-order valence-electron chi connectivity index (χ0n) is 8.77. The number of rotatable bonds is 4. The lowest BCUT2D eigenvalue weighted by Gasteiger charge is -2.12. The van der Waals surface area contributed by atoms with E-state index in [-0.39, 0.29) is 11.6 Å². The summed E-state index contributed by atoms with van der Waals surface area (Å²) < 4.78 is 26.0. The second-order valence-corrected chi connectivity index (χ2v) is 3.85. The fourth-order valence-corrected chi connectivity index (χ4v) is 1.54. The van der Waals surface area contributed by atoms with Crippen molar-refractivity contribution in [2.45, 2.75) is 19.4 Å². The van der Waals surface area contributed by atoms with Gasteiger partial charge in [0.05, 0.1) is 5.56 Å². The predicted octanol–water partition coefficient (Wildman–Crippen LogP) is 2.71. The highest BCUT2D eigenvalue weighted by Gasteiger charge is 2.14. The minimum Gasteiger partial charge on any atom is -0.349 e. The van der Waals surface area contributed by atoms with Crippen LogP contribution in [-0.2, 0) is 0 Å². The van der Waals surface area contributed by atoms with E-state index in [2.05, 4.69) is 5.32 Å². The summed E-state index contributed by atoms with van der Waals surface area (Å²) in [5, 5.41) is 2.54. The summed E-state index contributed by atoms with van der Waals surface area (Å²) in [6, 6.07) is 2.59. The first-order valence-electron chi connectivity index (χ1n) is 4.86. The molecule has 0 aliphatic rings. The smallest absolute Gasteiger partial charge is 0.254 e. The molecule has 1 amide bonds. The number of hydrogen-bond acceptors (Lipinski definition) is 1. The molecule has 16 heavy (non-hydrogen) atoms. The quantitative estimate of drug-likeness (QED) is 0.815. The molecule has 0 radical (unpaired) electrons. The van der Waals surface area contributed by atoms with E-state index >= 15 is 0 Å². The Balaban J connectivity index is 2.76. The average molecular weight is 248 g/mol. The van der Waals surface area contributed by atoms with Crippen LogP contribution >= 0.6 is 11.6 Å². The van der Waals surface area contributed by atoms with Gasteiger partial charge >= 0.3 is 0 Å². The molecule has 0 heterocycles. The van der Waals surface area contributed by atoms with Gasteiger partial charge in [0.25, 0.3) is 5.91 Å². The van der Waals surface area contributed by atoms with Gasteiger partial charge < -0.3 is 5.32 Å². The Morgan fingerprint density at radius 3 is 2.81 bits per heavy atom. The van der Waals surface area contributed by atoms with Crippen molar-refractivity contribution in [1.29, 1.82) is 0 Å². The number of hydrogen-bond donors (Lipinski definition) is 1. The van der Waals surface area contributed by atoms with Crippen LogP contribution in [0.2, 0.25) is 0 Å². The largest absolute Gasteiger partial charge is 0.349 e. The molecule has 0 fully saturated rings. The molecular weight excluding hydrogens is 236 g/mol. The first-order chi connectivity index (χ1) is 7.54. The highest BCUT2D eigenvalue weighted by atomic mass is 35.5. The molecule has 0 aliphatic carbocycles. The van der Waals surface area contributed by atoms with E-state index in [1.165, 1.54) is 0 Å². The Bertz CT molecular complexity index is 384. The maximum atomic E-state index is 13.2. The van der Waals surface area contributed by atoms with Crippen LogP contribution in [0.1, 0.15) is 23.7 Å². The van der Waals surface area contributed by atoms with Crippen molar-refractivity contribution in [1.82, 2.24) is 5.32 Å². The topological polar surface area (TPSA) is 29.1 Å². The van der Waals surface area contributed by atoms with E-state index in [1.807, 2.05) is 0 Å². The summed E-state index contributed by atoms with van der Waals surface area (Å²) in [6.07, 6.45) is 0.574. The van der Waals surface area contributed by atoms with E-state index < -0.39 is 17.5 Å². The van der Waals surface area contributed by atoms with Crippen LogP contribution in [0.25, 0.3) is 0 Å². The van der Waals surface area contributed by atoms with E-state index in [0.29, 0.717) is 12.3 Å². The highest BCUT2D eigenvalue weighted by Crippen LogP contribution is 2.10. The first-order valence-corrected chi connectivity index (χ1v) is 5.40. The lowest BCUT2D eigenvalue weighted by molar-refractivity contribution is 0.0935. The zero-order valence-corrected chi connectivity index (χ0v) is 9.52. The Kier molecular flexibility index (Phi) is 4.68. The third kappa shape index (κ3) is 3.45. The van der Waals surface area contributed by atoms with Crippen LogP contribution in [0.15, 0.2) is 18.2 Å². The van der Waals surface area contributed by atoms with Crippen molar-refractivity contribution in [3.63, 3.8) is 0 Å². The van der Waals surface area contributed by atoms with Gasteiger partial charge in [0.1, 0.15) is 11.6 Å². The molecule has 1 atom stereocenters. The van der Waals surface area contributed by atoms with Gasteiger partial charge in [0, 0.05) is 11.9 Å². The fourth-order valence-electron chi connectivity index (χ4n) is 1.21. The van der Waals surface area contributed by atoms with Crippen molar-refractivity contribution in [2.24, 2.45) is 0 Å². The van der Waals surface area contributed by atoms with Gasteiger partial charge in [0.15, 0.2) is 0 Å². The average Bonchev–Trinajstić information content (AvgIpc) is 2.21. The van der Waals surface area contributed by atoms with E-state index in [1.54, 1.807) is 6.92 Å². The maximum Gasteiger partial charge on any atom is 0.254 e. The van der Waals surface area contributed by atoms with Gasteiger partial charge in [-0.3, -0.25) is 4.79 Å². The van der Waals surface area contributed by atoms with Gasteiger partial charge in [0.2, 0.25) is 0 Å². The summed E-state index contributed by atoms with van der Waals surface area (Å²) in [5.41, 5.74) is -0.290. The Labute approximate surface area is 97.6 Å². The normalized spacial score (nSPS) is 12.2. The van der Waals surface area contributed by atoms with Gasteiger partial charge in [-0.05, 0) is 31.5 Å². The molecule has 0 spiro atoms. The molecule has 1 aromatic carbocycles. The predicted molar refractivity (Wildman–Crippen MR) is 58.6 cm³/mol. The Hall–Kier alpha value is -1.16. The van der Waals surface area contributed by atoms with Crippen molar-refractivity contribution in [2.75, 3.05) is 5.88 Å². The lowest BCUT2D eigenvalue weighted by atomic mass is 10.1. The second-order valence-electron chi connectivity index (χ2n) is 3.48. The molecule has 0 saturated carbocycles. The van der Waals surface area contributed by atoms with Gasteiger partial charge in [-0.1, -0.05) is 0 Å². The molecule has 5 heteroatoms. The van der Waals surface area contributed by atoms with Crippen LogP contribution in [0, 0.1) is 11.6 Å². The van der Waals surface area contributed by atoms with Crippen molar-refractivity contribution >= 4 is 17.5 Å². The number of carbonyl (C=O) groups excluding carboxylic acids is 1. The van der Waals surface area contributed by atoms with E-state index in [4.69, 9.17) is 11.6 Å². The monoisotopic (exact) mass is 247 g/mol. The third-order valence-corrected chi connectivity index (χ3v) is 2.31. The van der Waals surface area contributed by atoms with Crippen molar-refractivity contribution < 1.29 is 13.6 Å². The summed E-state index contributed by atoms with van der Waals surface area (Å²) >= 11 is 5.50. The van der Waals surface area contributed by atoms with Crippen LogP contribution in [0.3, 0.4) is 0 Å². The minimum absolute atomic E-state index is 0.173. The minimum atomic E-state index is -0.739. The molecule has 0 aliphatic heterocycles. The molecule has 2 nitrogen and oxygen atoms in total. The number of carbonyl (C=O) groups is 1. The third-order valence-electron chi connectivity index (χ3n) is 2.09. The number of alkyl halides is 1. The van der Waals surface area contributed by atoms with Crippen LogP contribution in [-0.4, -0.2) is 17.8 Å².